The van der Waals surface area contributed by atoms with Crippen molar-refractivity contribution in [3.63, 3.8) is 0 Å². The number of nitrogens with zero attached hydrogens (tertiary/aromatic N) is 2. The molecule has 0 radical (unpaired) electrons. The Morgan fingerprint density at radius 2 is 2.05 bits per heavy atom. The van der Waals surface area contributed by atoms with Crippen LogP contribution in [0.4, 0.5) is 10.1 Å². The first kappa shape index (κ1) is 15.2. The molecule has 1 spiro atoms. The van der Waals surface area contributed by atoms with Gasteiger partial charge in [-0.15, -0.1) is 0 Å². The second kappa shape index (κ2) is 5.20. The van der Waals surface area contributed by atoms with Gasteiger partial charge in [-0.25, -0.2) is 12.8 Å². The molecule has 2 N–H and O–H groups in total. The lowest BCUT2D eigenvalue weighted by atomic mass is 9.88. The standard InChI is InChI=1S/C14H18FN3O3S/c1-10-9-14(21-17-10)4-6-18(7-5-14)22(19,20)13-3-2-11(16)8-12(13)15/h2-3,8H,4-7,9,16H2,1H3. The van der Waals surface area contributed by atoms with Crippen LogP contribution >= 0.6 is 0 Å². The van der Waals surface area contributed by atoms with Gasteiger partial charge in [-0.1, -0.05) is 5.16 Å². The number of halogens is 1. The Kier molecular flexibility index (Phi) is 3.60. The normalized spacial score (nSPS) is 21.6. The van der Waals surface area contributed by atoms with E-state index >= 15 is 0 Å². The maximum Gasteiger partial charge on any atom is 0.245 e. The fourth-order valence-corrected chi connectivity index (χ4v) is 4.46. The van der Waals surface area contributed by atoms with Gasteiger partial charge in [0.15, 0.2) is 0 Å². The van der Waals surface area contributed by atoms with Crippen LogP contribution in [0.3, 0.4) is 0 Å². The smallest absolute Gasteiger partial charge is 0.245 e. The Morgan fingerprint density at radius 3 is 2.59 bits per heavy atom. The third-order valence-electron chi connectivity index (χ3n) is 4.18. The minimum absolute atomic E-state index is 0.195. The first-order valence-corrected chi connectivity index (χ1v) is 8.53. The zero-order valence-corrected chi connectivity index (χ0v) is 13.1. The van der Waals surface area contributed by atoms with Gasteiger partial charge in [0.05, 0.1) is 5.71 Å². The summed E-state index contributed by atoms with van der Waals surface area (Å²) in [5.41, 5.74) is 6.18. The third kappa shape index (κ3) is 2.56. The Hall–Kier alpha value is -1.67. The van der Waals surface area contributed by atoms with Gasteiger partial charge < -0.3 is 10.6 Å². The summed E-state index contributed by atoms with van der Waals surface area (Å²) in [4.78, 5) is 5.14. The van der Waals surface area contributed by atoms with Crippen molar-refractivity contribution in [1.82, 2.24) is 4.31 Å². The van der Waals surface area contributed by atoms with Crippen LogP contribution in [0.1, 0.15) is 26.2 Å². The molecule has 1 aromatic rings. The average Bonchev–Trinajstić information content (AvgIpc) is 2.80. The summed E-state index contributed by atoms with van der Waals surface area (Å²) < 4.78 is 40.3. The Bertz CT molecular complexity index is 725. The molecule has 2 heterocycles. The number of nitrogen functional groups attached to an aromatic ring is 1. The van der Waals surface area contributed by atoms with E-state index < -0.39 is 21.4 Å². The predicted molar refractivity (Wildman–Crippen MR) is 80.3 cm³/mol. The van der Waals surface area contributed by atoms with Crippen molar-refractivity contribution in [3.8, 4) is 0 Å². The molecular weight excluding hydrogens is 309 g/mol. The monoisotopic (exact) mass is 327 g/mol. The zero-order valence-electron chi connectivity index (χ0n) is 12.3. The van der Waals surface area contributed by atoms with E-state index in [0.717, 1.165) is 18.2 Å². The molecule has 1 saturated heterocycles. The van der Waals surface area contributed by atoms with Gasteiger partial charge in [-0.3, -0.25) is 0 Å². The fourth-order valence-electron chi connectivity index (χ4n) is 2.97. The van der Waals surface area contributed by atoms with E-state index in [2.05, 4.69) is 5.16 Å². The Labute approximate surface area is 128 Å². The minimum Gasteiger partial charge on any atom is -0.399 e. The molecule has 0 aromatic heterocycles. The number of rotatable bonds is 2. The molecule has 3 rings (SSSR count). The summed E-state index contributed by atoms with van der Waals surface area (Å²) in [6.45, 7) is 2.46. The highest BCUT2D eigenvalue weighted by Gasteiger charge is 2.43. The number of hydrogen-bond donors (Lipinski definition) is 1. The highest BCUT2D eigenvalue weighted by molar-refractivity contribution is 7.89. The van der Waals surface area contributed by atoms with Gasteiger partial charge in [0, 0.05) is 38.0 Å². The topological polar surface area (TPSA) is 85.0 Å². The van der Waals surface area contributed by atoms with E-state index in [-0.39, 0.29) is 23.7 Å². The number of sulfonamides is 1. The van der Waals surface area contributed by atoms with Gasteiger partial charge in [-0.05, 0) is 25.1 Å². The van der Waals surface area contributed by atoms with Crippen molar-refractivity contribution in [2.75, 3.05) is 18.8 Å². The van der Waals surface area contributed by atoms with Crippen LogP contribution in [0.5, 0.6) is 0 Å². The summed E-state index contributed by atoms with van der Waals surface area (Å²) in [7, 11) is -3.86. The fraction of sp³-hybridized carbons (Fsp3) is 0.500. The van der Waals surface area contributed by atoms with Crippen LogP contribution in [-0.4, -0.2) is 37.1 Å². The van der Waals surface area contributed by atoms with Crippen LogP contribution in [0.25, 0.3) is 0 Å². The third-order valence-corrected chi connectivity index (χ3v) is 6.11. The van der Waals surface area contributed by atoms with E-state index in [1.165, 1.54) is 16.4 Å². The summed E-state index contributed by atoms with van der Waals surface area (Å²) in [6.07, 6.45) is 1.81. The second-order valence-corrected chi connectivity index (χ2v) is 7.78. The number of piperidine rings is 1. The number of benzene rings is 1. The molecule has 0 aliphatic carbocycles. The molecule has 0 saturated carbocycles. The largest absolute Gasteiger partial charge is 0.399 e. The summed E-state index contributed by atoms with van der Waals surface area (Å²) in [5, 5.41) is 3.96. The maximum absolute atomic E-state index is 13.9. The summed E-state index contributed by atoms with van der Waals surface area (Å²) >= 11 is 0. The SMILES string of the molecule is CC1=NOC2(CCN(S(=O)(=O)c3ccc(N)cc3F)CC2)C1. The molecule has 0 unspecified atom stereocenters. The van der Waals surface area contributed by atoms with Crippen molar-refractivity contribution < 1.29 is 17.6 Å². The second-order valence-electron chi connectivity index (χ2n) is 5.87. The maximum atomic E-state index is 13.9. The van der Waals surface area contributed by atoms with Gasteiger partial charge in [0.25, 0.3) is 0 Å². The van der Waals surface area contributed by atoms with E-state index in [9.17, 15) is 12.8 Å². The highest BCUT2D eigenvalue weighted by atomic mass is 32.2. The van der Waals surface area contributed by atoms with Gasteiger partial charge >= 0.3 is 0 Å². The molecule has 22 heavy (non-hydrogen) atoms. The minimum atomic E-state index is -3.86. The molecule has 6 nitrogen and oxygen atoms in total. The molecular formula is C14H18FN3O3S. The van der Waals surface area contributed by atoms with Crippen LogP contribution in [-0.2, 0) is 14.9 Å². The quantitative estimate of drug-likeness (QED) is 0.838. The Morgan fingerprint density at radius 1 is 1.36 bits per heavy atom. The van der Waals surface area contributed by atoms with E-state index in [1.54, 1.807) is 0 Å². The molecule has 1 fully saturated rings. The number of oxime groups is 1. The predicted octanol–water partition coefficient (Wildman–Crippen LogP) is 1.73. The number of nitrogens with two attached hydrogens (primary N) is 1. The van der Waals surface area contributed by atoms with E-state index in [0.29, 0.717) is 12.8 Å². The average molecular weight is 327 g/mol. The van der Waals surface area contributed by atoms with Gasteiger partial charge in [0.2, 0.25) is 10.0 Å². The van der Waals surface area contributed by atoms with Crippen LogP contribution in [0.2, 0.25) is 0 Å². The van der Waals surface area contributed by atoms with Crippen molar-refractivity contribution in [3.05, 3.63) is 24.0 Å². The van der Waals surface area contributed by atoms with Crippen LogP contribution in [0.15, 0.2) is 28.3 Å². The van der Waals surface area contributed by atoms with Crippen molar-refractivity contribution >= 4 is 21.4 Å². The summed E-state index contributed by atoms with van der Waals surface area (Å²) in [5.74, 6) is -0.823. The summed E-state index contributed by atoms with van der Waals surface area (Å²) in [6, 6.07) is 3.62. The van der Waals surface area contributed by atoms with E-state index in [1.807, 2.05) is 6.92 Å². The molecule has 0 atom stereocenters. The molecule has 120 valence electrons. The van der Waals surface area contributed by atoms with E-state index in [4.69, 9.17) is 10.6 Å². The molecule has 2 aliphatic heterocycles. The number of anilines is 1. The molecule has 8 heteroatoms. The molecule has 2 aliphatic rings. The van der Waals surface area contributed by atoms with Crippen LogP contribution in [0, 0.1) is 5.82 Å². The lowest BCUT2D eigenvalue weighted by molar-refractivity contribution is -0.0506. The van der Waals surface area contributed by atoms with Crippen LogP contribution < -0.4 is 5.73 Å². The number of hydrogen-bond acceptors (Lipinski definition) is 5. The zero-order chi connectivity index (χ0) is 16.0. The Balaban J connectivity index is 1.78. The van der Waals surface area contributed by atoms with Crippen molar-refractivity contribution in [2.45, 2.75) is 36.7 Å². The lowest BCUT2D eigenvalue weighted by Crippen LogP contribution is -2.46. The lowest BCUT2D eigenvalue weighted by Gasteiger charge is -2.36. The molecule has 0 amide bonds. The first-order chi connectivity index (χ1) is 10.3. The van der Waals surface area contributed by atoms with Crippen molar-refractivity contribution in [1.29, 1.82) is 0 Å². The molecule has 0 bridgehead atoms. The molecule has 1 aromatic carbocycles. The highest BCUT2D eigenvalue weighted by Crippen LogP contribution is 2.36. The van der Waals surface area contributed by atoms with Gasteiger partial charge in [-0.2, -0.15) is 4.31 Å². The van der Waals surface area contributed by atoms with Crippen molar-refractivity contribution in [2.24, 2.45) is 5.16 Å². The first-order valence-electron chi connectivity index (χ1n) is 7.09. The van der Waals surface area contributed by atoms with Gasteiger partial charge in [0.1, 0.15) is 16.3 Å².